The highest BCUT2D eigenvalue weighted by molar-refractivity contribution is 7.15. The molecule has 3 rings (SSSR count). The van der Waals surface area contributed by atoms with Crippen LogP contribution in [0.5, 0.6) is 5.75 Å². The van der Waals surface area contributed by atoms with Gasteiger partial charge in [-0.2, -0.15) is 0 Å². The van der Waals surface area contributed by atoms with Crippen molar-refractivity contribution in [2.45, 2.75) is 19.9 Å². The second kappa shape index (κ2) is 5.69. The van der Waals surface area contributed by atoms with Gasteiger partial charge in [-0.05, 0) is 0 Å². The Kier molecular flexibility index (Phi) is 3.74. The van der Waals surface area contributed by atoms with Crippen molar-refractivity contribution in [1.82, 2.24) is 9.97 Å². The molecule has 0 bridgehead atoms. The average molecular weight is 304 g/mol. The first kappa shape index (κ1) is 13.8. The zero-order chi connectivity index (χ0) is 14.8. The molecule has 7 heteroatoms. The van der Waals surface area contributed by atoms with Crippen molar-refractivity contribution in [3.8, 4) is 5.75 Å². The monoisotopic (exact) mass is 304 g/mol. The summed E-state index contributed by atoms with van der Waals surface area (Å²) in [6, 6.07) is 1.98. The van der Waals surface area contributed by atoms with E-state index in [-0.39, 0.29) is 5.91 Å². The molecule has 0 radical (unpaired) electrons. The maximum Gasteiger partial charge on any atom is 0.223 e. The Morgan fingerprint density at radius 1 is 1.48 bits per heavy atom. The van der Waals surface area contributed by atoms with Crippen LogP contribution in [-0.4, -0.2) is 29.5 Å². The van der Waals surface area contributed by atoms with E-state index < -0.39 is 0 Å². The van der Waals surface area contributed by atoms with E-state index in [0.29, 0.717) is 5.13 Å². The number of nitrogens with zero attached hydrogens (tertiary/aromatic N) is 3. The summed E-state index contributed by atoms with van der Waals surface area (Å²) in [4.78, 5) is 23.2. The summed E-state index contributed by atoms with van der Waals surface area (Å²) in [5.41, 5.74) is 2.12. The highest BCUT2D eigenvalue weighted by atomic mass is 32.1. The van der Waals surface area contributed by atoms with Crippen molar-refractivity contribution < 1.29 is 9.53 Å². The fraction of sp³-hybridized carbons (Fsp3) is 0.357. The third-order valence-corrected chi connectivity index (χ3v) is 4.31. The van der Waals surface area contributed by atoms with Crippen LogP contribution in [0.2, 0.25) is 0 Å². The van der Waals surface area contributed by atoms with Gasteiger partial charge in [-0.25, -0.2) is 4.98 Å². The lowest BCUT2D eigenvalue weighted by Crippen LogP contribution is -2.29. The number of ether oxygens (including phenoxy) is 1. The summed E-state index contributed by atoms with van der Waals surface area (Å²) in [5, 5.41) is 3.43. The second-order valence-electron chi connectivity index (χ2n) is 4.82. The van der Waals surface area contributed by atoms with Gasteiger partial charge in [0.25, 0.3) is 0 Å². The molecular weight excluding hydrogens is 288 g/mol. The van der Waals surface area contributed by atoms with Gasteiger partial charge in [-0.1, -0.05) is 11.3 Å². The number of anilines is 2. The van der Waals surface area contributed by atoms with Gasteiger partial charge in [0, 0.05) is 30.8 Å². The maximum atomic E-state index is 11.1. The van der Waals surface area contributed by atoms with E-state index in [2.05, 4.69) is 20.2 Å². The molecule has 1 aliphatic heterocycles. The highest BCUT2D eigenvalue weighted by Crippen LogP contribution is 2.31. The average Bonchev–Trinajstić information content (AvgIpc) is 2.87. The van der Waals surface area contributed by atoms with E-state index in [1.54, 1.807) is 13.3 Å². The van der Waals surface area contributed by atoms with Crippen molar-refractivity contribution in [1.29, 1.82) is 0 Å². The van der Waals surface area contributed by atoms with E-state index in [1.165, 1.54) is 23.1 Å². The van der Waals surface area contributed by atoms with E-state index in [9.17, 15) is 4.79 Å². The van der Waals surface area contributed by atoms with Crippen molar-refractivity contribution >= 4 is 28.1 Å². The molecule has 0 aromatic carbocycles. The van der Waals surface area contributed by atoms with Gasteiger partial charge in [0.2, 0.25) is 5.91 Å². The Morgan fingerprint density at radius 3 is 3.10 bits per heavy atom. The molecule has 1 N–H and O–H groups in total. The van der Waals surface area contributed by atoms with Gasteiger partial charge < -0.3 is 15.0 Å². The molecule has 0 unspecified atom stereocenters. The minimum atomic E-state index is -0.0880. The number of carbonyl (C=O) groups excluding carboxylic acids is 1. The Morgan fingerprint density at radius 2 is 2.33 bits per heavy atom. The number of aromatic nitrogens is 2. The van der Waals surface area contributed by atoms with E-state index in [0.717, 1.165) is 36.6 Å². The topological polar surface area (TPSA) is 67.3 Å². The molecule has 2 aromatic rings. The molecule has 21 heavy (non-hydrogen) atoms. The van der Waals surface area contributed by atoms with E-state index >= 15 is 0 Å². The Hall–Kier alpha value is -2.15. The fourth-order valence-electron chi connectivity index (χ4n) is 2.31. The minimum absolute atomic E-state index is 0.0880. The second-order valence-corrected chi connectivity index (χ2v) is 5.91. The zero-order valence-electron chi connectivity index (χ0n) is 11.9. The first-order valence-corrected chi connectivity index (χ1v) is 7.47. The third-order valence-electron chi connectivity index (χ3n) is 3.31. The van der Waals surface area contributed by atoms with E-state index in [4.69, 9.17) is 4.74 Å². The normalized spacial score (nSPS) is 13.7. The molecule has 0 fully saturated rings. The number of nitrogens with one attached hydrogen (secondary N) is 1. The standard InChI is InChI=1S/C14H16N4O2S/c1-9(19)16-14-17-12-3-4-18(8-13(12)21-14)10-5-11(20-2)7-15-6-10/h5-7H,3-4,8H2,1-2H3,(H,16,17,19). The molecule has 0 atom stereocenters. The molecule has 0 spiro atoms. The Labute approximate surface area is 126 Å². The highest BCUT2D eigenvalue weighted by Gasteiger charge is 2.21. The molecule has 0 saturated carbocycles. The summed E-state index contributed by atoms with van der Waals surface area (Å²) < 4.78 is 5.22. The van der Waals surface area contributed by atoms with Crippen LogP contribution in [0.25, 0.3) is 0 Å². The molecule has 6 nitrogen and oxygen atoms in total. The van der Waals surface area contributed by atoms with E-state index in [1.807, 2.05) is 12.3 Å². The van der Waals surface area contributed by atoms with Crippen LogP contribution in [0.1, 0.15) is 17.5 Å². The summed E-state index contributed by atoms with van der Waals surface area (Å²) >= 11 is 1.54. The summed E-state index contributed by atoms with van der Waals surface area (Å²) in [7, 11) is 1.64. The van der Waals surface area contributed by atoms with Gasteiger partial charge in [0.1, 0.15) is 5.75 Å². The molecular formula is C14H16N4O2S. The predicted octanol–water partition coefficient (Wildman–Crippen LogP) is 2.07. The number of pyridine rings is 1. The largest absolute Gasteiger partial charge is 0.495 e. The van der Waals surface area contributed by atoms with Gasteiger partial charge in [0.05, 0.1) is 37.4 Å². The lowest BCUT2D eigenvalue weighted by Gasteiger charge is -2.27. The molecule has 110 valence electrons. The summed E-state index contributed by atoms with van der Waals surface area (Å²) in [6.45, 7) is 3.15. The van der Waals surface area contributed by atoms with Gasteiger partial charge >= 0.3 is 0 Å². The van der Waals surface area contributed by atoms with Crippen LogP contribution >= 0.6 is 11.3 Å². The van der Waals surface area contributed by atoms with Gasteiger partial charge in [-0.15, -0.1) is 0 Å². The van der Waals surface area contributed by atoms with Crippen molar-refractivity contribution in [3.05, 3.63) is 29.0 Å². The molecule has 1 amide bonds. The van der Waals surface area contributed by atoms with Gasteiger partial charge in [-0.3, -0.25) is 9.78 Å². The number of amides is 1. The number of hydrogen-bond donors (Lipinski definition) is 1. The Balaban J connectivity index is 1.80. The van der Waals surface area contributed by atoms with Crippen LogP contribution in [0.15, 0.2) is 18.5 Å². The summed E-state index contributed by atoms with van der Waals surface area (Å²) in [5.74, 6) is 0.663. The predicted molar refractivity (Wildman–Crippen MR) is 82.0 cm³/mol. The zero-order valence-corrected chi connectivity index (χ0v) is 12.7. The third kappa shape index (κ3) is 2.97. The van der Waals surface area contributed by atoms with Crippen LogP contribution in [0.4, 0.5) is 10.8 Å². The number of thiazole rings is 1. The number of methoxy groups -OCH3 is 1. The first-order valence-electron chi connectivity index (χ1n) is 6.66. The van der Waals surface area contributed by atoms with Crippen molar-refractivity contribution in [2.24, 2.45) is 0 Å². The quantitative estimate of drug-likeness (QED) is 0.940. The molecule has 3 heterocycles. The van der Waals surface area contributed by atoms with Crippen LogP contribution in [0.3, 0.4) is 0 Å². The van der Waals surface area contributed by atoms with Crippen molar-refractivity contribution in [2.75, 3.05) is 23.9 Å². The van der Waals surface area contributed by atoms with Crippen LogP contribution in [0, 0.1) is 0 Å². The Bertz CT molecular complexity index is 671. The maximum absolute atomic E-state index is 11.1. The van der Waals surface area contributed by atoms with Crippen LogP contribution in [-0.2, 0) is 17.8 Å². The molecule has 2 aromatic heterocycles. The molecule has 0 aliphatic carbocycles. The molecule has 0 saturated heterocycles. The molecule has 1 aliphatic rings. The van der Waals surface area contributed by atoms with Crippen molar-refractivity contribution in [3.63, 3.8) is 0 Å². The lowest BCUT2D eigenvalue weighted by molar-refractivity contribution is -0.114. The number of rotatable bonds is 3. The lowest BCUT2D eigenvalue weighted by atomic mass is 10.1. The first-order chi connectivity index (χ1) is 10.2. The number of hydrogen-bond acceptors (Lipinski definition) is 6. The SMILES string of the molecule is COc1cncc(N2CCc3nc(NC(C)=O)sc3C2)c1. The fourth-order valence-corrected chi connectivity index (χ4v) is 3.38. The van der Waals surface area contributed by atoms with Crippen LogP contribution < -0.4 is 15.0 Å². The smallest absolute Gasteiger partial charge is 0.223 e. The number of fused-ring (bicyclic) bond motifs is 1. The number of carbonyl (C=O) groups is 1. The summed E-state index contributed by atoms with van der Waals surface area (Å²) in [6.07, 6.45) is 4.40. The minimum Gasteiger partial charge on any atom is -0.495 e. The van der Waals surface area contributed by atoms with Gasteiger partial charge in [0.15, 0.2) is 5.13 Å².